The van der Waals surface area contributed by atoms with Crippen LogP contribution in [0.15, 0.2) is 41.4 Å². The van der Waals surface area contributed by atoms with Crippen molar-refractivity contribution in [2.24, 2.45) is 16.5 Å². The van der Waals surface area contributed by atoms with E-state index in [1.54, 1.807) is 12.1 Å². The van der Waals surface area contributed by atoms with Crippen molar-refractivity contribution in [1.82, 2.24) is 9.55 Å². The molecule has 0 saturated heterocycles. The molecule has 1 amide bonds. The molecule has 2 aliphatic heterocycles. The van der Waals surface area contributed by atoms with Gasteiger partial charge in [-0.05, 0) is 17.7 Å². The summed E-state index contributed by atoms with van der Waals surface area (Å²) in [5.41, 5.74) is 13.6. The molecule has 1 unspecified atom stereocenters. The van der Waals surface area contributed by atoms with Crippen molar-refractivity contribution < 1.29 is 19.0 Å². The Morgan fingerprint density at radius 1 is 1.20 bits per heavy atom. The van der Waals surface area contributed by atoms with E-state index in [4.69, 9.17) is 25.7 Å². The number of anilines is 1. The van der Waals surface area contributed by atoms with Gasteiger partial charge in [-0.25, -0.2) is 9.98 Å². The average molecular weight is 408 g/mol. The van der Waals surface area contributed by atoms with Crippen LogP contribution in [0.25, 0.3) is 11.0 Å². The lowest BCUT2D eigenvalue weighted by molar-refractivity contribution is -0.119. The molecule has 10 heteroatoms. The third-order valence-corrected chi connectivity index (χ3v) is 4.86. The molecule has 1 aromatic heterocycles. The molecule has 0 spiro atoms. The normalized spacial score (nSPS) is 17.5. The van der Waals surface area contributed by atoms with Crippen molar-refractivity contribution in [1.29, 1.82) is 0 Å². The van der Waals surface area contributed by atoms with Crippen molar-refractivity contribution in [2.45, 2.75) is 12.6 Å². The van der Waals surface area contributed by atoms with Gasteiger partial charge in [0.05, 0.1) is 24.2 Å². The summed E-state index contributed by atoms with van der Waals surface area (Å²) in [5.74, 6) is 2.21. The zero-order chi connectivity index (χ0) is 20.7. The second-order valence-corrected chi connectivity index (χ2v) is 6.98. The maximum atomic E-state index is 10.9. The van der Waals surface area contributed by atoms with Crippen LogP contribution in [0.5, 0.6) is 17.2 Å². The fraction of sp³-hybridized carbons (Fsp3) is 0.250. The van der Waals surface area contributed by atoms with Gasteiger partial charge in [0.1, 0.15) is 5.75 Å². The second-order valence-electron chi connectivity index (χ2n) is 6.98. The van der Waals surface area contributed by atoms with Crippen LogP contribution in [0.4, 0.5) is 5.95 Å². The fourth-order valence-corrected chi connectivity index (χ4v) is 3.54. The van der Waals surface area contributed by atoms with Crippen LogP contribution >= 0.6 is 0 Å². The standard InChI is InChI=1S/C20H20N6O4/c21-17(27)10-30-12-4-2-11(3-5-12)18-24-19(22)25-20-23-13-8-15-16(9-14(13)26(18)20)29-7-1-6-28-15/h2-5,8-9,18H,1,6-7,10H2,(H2,21,27)(H3,22,23,24,25). The van der Waals surface area contributed by atoms with E-state index in [-0.39, 0.29) is 12.6 Å². The third-order valence-electron chi connectivity index (χ3n) is 4.86. The van der Waals surface area contributed by atoms with Crippen LogP contribution in [-0.4, -0.2) is 41.2 Å². The number of aliphatic imine (C=N–C) groups is 1. The van der Waals surface area contributed by atoms with E-state index >= 15 is 0 Å². The minimum absolute atomic E-state index is 0.179. The van der Waals surface area contributed by atoms with Crippen LogP contribution < -0.4 is 31.0 Å². The van der Waals surface area contributed by atoms with E-state index in [2.05, 4.69) is 15.3 Å². The Balaban J connectivity index is 1.55. The van der Waals surface area contributed by atoms with Crippen molar-refractivity contribution in [2.75, 3.05) is 25.1 Å². The number of imidazole rings is 1. The summed E-state index contributed by atoms with van der Waals surface area (Å²) in [6.45, 7) is 1.02. The summed E-state index contributed by atoms with van der Waals surface area (Å²) < 4.78 is 18.9. The zero-order valence-electron chi connectivity index (χ0n) is 16.0. The van der Waals surface area contributed by atoms with Gasteiger partial charge in [0.25, 0.3) is 5.91 Å². The Bertz CT molecular complexity index is 1150. The van der Waals surface area contributed by atoms with Gasteiger partial charge in [-0.3, -0.25) is 14.7 Å². The second kappa shape index (κ2) is 7.14. The molecule has 5 rings (SSSR count). The zero-order valence-corrected chi connectivity index (χ0v) is 16.0. The lowest BCUT2D eigenvalue weighted by Crippen LogP contribution is -2.31. The van der Waals surface area contributed by atoms with E-state index in [0.717, 1.165) is 23.0 Å². The van der Waals surface area contributed by atoms with Crippen molar-refractivity contribution in [3.8, 4) is 17.2 Å². The van der Waals surface area contributed by atoms with Crippen molar-refractivity contribution in [3.63, 3.8) is 0 Å². The number of rotatable bonds is 4. The topological polar surface area (TPSA) is 139 Å². The highest BCUT2D eigenvalue weighted by Gasteiger charge is 2.27. The number of nitrogens with zero attached hydrogens (tertiary/aromatic N) is 3. The first-order valence-corrected chi connectivity index (χ1v) is 9.51. The average Bonchev–Trinajstić information content (AvgIpc) is 2.91. The van der Waals surface area contributed by atoms with Gasteiger partial charge < -0.3 is 25.7 Å². The van der Waals surface area contributed by atoms with Crippen molar-refractivity contribution >= 4 is 28.8 Å². The van der Waals surface area contributed by atoms with Crippen LogP contribution in [0.2, 0.25) is 0 Å². The Hall–Kier alpha value is -3.95. The molecule has 3 heterocycles. The number of amides is 1. The number of hydrogen-bond donors (Lipinski definition) is 3. The first kappa shape index (κ1) is 18.1. The number of nitrogens with one attached hydrogen (secondary N) is 1. The number of nitrogens with two attached hydrogens (primary N) is 2. The maximum Gasteiger partial charge on any atom is 0.255 e. The summed E-state index contributed by atoms with van der Waals surface area (Å²) in [6.07, 6.45) is 0.397. The number of guanidine groups is 1. The summed E-state index contributed by atoms with van der Waals surface area (Å²) >= 11 is 0. The fourth-order valence-electron chi connectivity index (χ4n) is 3.54. The summed E-state index contributed by atoms with van der Waals surface area (Å²) in [6, 6.07) is 11.0. The number of fused-ring (bicyclic) bond motifs is 4. The highest BCUT2D eigenvalue weighted by atomic mass is 16.5. The Morgan fingerprint density at radius 3 is 2.67 bits per heavy atom. The van der Waals surface area contributed by atoms with Gasteiger partial charge in [-0.15, -0.1) is 0 Å². The van der Waals surface area contributed by atoms with Gasteiger partial charge in [0.15, 0.2) is 30.2 Å². The molecule has 1 atom stereocenters. The minimum atomic E-state index is -0.533. The lowest BCUT2D eigenvalue weighted by Gasteiger charge is -2.24. The molecule has 0 radical (unpaired) electrons. The maximum absolute atomic E-state index is 10.9. The van der Waals surface area contributed by atoms with Gasteiger partial charge in [0, 0.05) is 18.6 Å². The Kier molecular flexibility index (Phi) is 4.31. The van der Waals surface area contributed by atoms with Crippen LogP contribution in [0, 0.1) is 0 Å². The smallest absolute Gasteiger partial charge is 0.255 e. The number of primary amides is 1. The lowest BCUT2D eigenvalue weighted by atomic mass is 10.1. The van der Waals surface area contributed by atoms with Gasteiger partial charge in [0.2, 0.25) is 5.95 Å². The molecule has 30 heavy (non-hydrogen) atoms. The molecule has 10 nitrogen and oxygen atoms in total. The van der Waals surface area contributed by atoms with Crippen molar-refractivity contribution in [3.05, 3.63) is 42.0 Å². The number of carbonyl (C=O) groups excluding carboxylic acids is 1. The molecule has 154 valence electrons. The largest absolute Gasteiger partial charge is 0.489 e. The summed E-state index contributed by atoms with van der Waals surface area (Å²) in [5, 5.41) is 3.02. The van der Waals surface area contributed by atoms with Crippen LogP contribution in [0.3, 0.4) is 0 Å². The van der Waals surface area contributed by atoms with E-state index in [1.165, 1.54) is 0 Å². The third kappa shape index (κ3) is 3.21. The molecule has 3 aromatic rings. The highest BCUT2D eigenvalue weighted by molar-refractivity contribution is 5.95. The molecular formula is C20H20N6O4. The Morgan fingerprint density at radius 2 is 1.93 bits per heavy atom. The number of hydrogen-bond acceptors (Lipinski definition) is 8. The first-order valence-electron chi connectivity index (χ1n) is 9.51. The van der Waals surface area contributed by atoms with E-state index in [9.17, 15) is 4.79 Å². The number of ether oxygens (including phenoxy) is 3. The molecular weight excluding hydrogens is 388 g/mol. The Labute approximate surface area is 171 Å². The monoisotopic (exact) mass is 408 g/mol. The van der Waals surface area contributed by atoms with E-state index in [0.29, 0.717) is 36.4 Å². The molecule has 0 aliphatic carbocycles. The van der Waals surface area contributed by atoms with E-state index < -0.39 is 12.1 Å². The molecule has 5 N–H and O–H groups in total. The molecule has 0 saturated carbocycles. The molecule has 2 aromatic carbocycles. The number of benzene rings is 2. The molecule has 0 fully saturated rings. The van der Waals surface area contributed by atoms with Gasteiger partial charge in [-0.2, -0.15) is 0 Å². The number of aromatic nitrogens is 2. The van der Waals surface area contributed by atoms with Crippen LogP contribution in [0.1, 0.15) is 18.2 Å². The SMILES string of the molecule is NC(=O)COc1ccc(C2N=C(N)Nc3nc4cc5c(cc4n32)OCCCO5)cc1. The molecule has 0 bridgehead atoms. The molecule has 2 aliphatic rings. The number of carbonyl (C=O) groups is 1. The quantitative estimate of drug-likeness (QED) is 0.592. The van der Waals surface area contributed by atoms with E-state index in [1.807, 2.05) is 28.8 Å². The van der Waals surface area contributed by atoms with Gasteiger partial charge in [-0.1, -0.05) is 12.1 Å². The predicted octanol–water partition coefficient (Wildman–Crippen LogP) is 1.35. The predicted molar refractivity (Wildman–Crippen MR) is 110 cm³/mol. The summed E-state index contributed by atoms with van der Waals surface area (Å²) in [4.78, 5) is 20.1. The summed E-state index contributed by atoms with van der Waals surface area (Å²) in [7, 11) is 0. The van der Waals surface area contributed by atoms with Crippen LogP contribution in [-0.2, 0) is 4.79 Å². The first-order chi connectivity index (χ1) is 14.6. The van der Waals surface area contributed by atoms with Gasteiger partial charge >= 0.3 is 0 Å². The minimum Gasteiger partial charge on any atom is -0.489 e. The highest BCUT2D eigenvalue weighted by Crippen LogP contribution is 2.39.